The Balaban J connectivity index is 1.68. The van der Waals surface area contributed by atoms with Crippen LogP contribution in [0.25, 0.3) is 0 Å². The molecule has 22 heavy (non-hydrogen) atoms. The van der Waals surface area contributed by atoms with Gasteiger partial charge < -0.3 is 15.0 Å². The smallest absolute Gasteiger partial charge is 0.249 e. The molecule has 6 nitrogen and oxygen atoms in total. The van der Waals surface area contributed by atoms with Crippen LogP contribution >= 0.6 is 11.8 Å². The summed E-state index contributed by atoms with van der Waals surface area (Å²) in [5, 5.41) is 5.97. The molecule has 2 amide bonds. The van der Waals surface area contributed by atoms with E-state index in [-0.39, 0.29) is 17.9 Å². The summed E-state index contributed by atoms with van der Waals surface area (Å²) in [6.07, 6.45) is 0.614. The molecule has 2 heterocycles. The number of carbonyl (C=O) groups excluding carboxylic acids is 2. The standard InChI is InChI=1S/C15H19N3O3S/c1-21-13-5-3-2-4-12(13)18-7-6-10(15(18)20)17-14(19)11-8-22-9-16-11/h2-5,10-11,16H,6-9H2,1H3,(H,17,19). The average molecular weight is 321 g/mol. The summed E-state index contributed by atoms with van der Waals surface area (Å²) >= 11 is 1.69. The molecule has 118 valence electrons. The van der Waals surface area contributed by atoms with Crippen LogP contribution in [0.15, 0.2) is 24.3 Å². The van der Waals surface area contributed by atoms with Crippen molar-refractivity contribution < 1.29 is 14.3 Å². The van der Waals surface area contributed by atoms with Gasteiger partial charge in [0.25, 0.3) is 0 Å². The lowest BCUT2D eigenvalue weighted by Crippen LogP contribution is -2.49. The van der Waals surface area contributed by atoms with Crippen LogP contribution in [0.1, 0.15) is 6.42 Å². The minimum absolute atomic E-state index is 0.0801. The first kappa shape index (κ1) is 15.2. The van der Waals surface area contributed by atoms with Crippen molar-refractivity contribution in [2.45, 2.75) is 18.5 Å². The monoisotopic (exact) mass is 321 g/mol. The van der Waals surface area contributed by atoms with Crippen molar-refractivity contribution in [1.82, 2.24) is 10.6 Å². The second-order valence-corrected chi connectivity index (χ2v) is 6.31. The van der Waals surface area contributed by atoms with Gasteiger partial charge in [-0.1, -0.05) is 12.1 Å². The fourth-order valence-electron chi connectivity index (χ4n) is 2.74. The van der Waals surface area contributed by atoms with Crippen LogP contribution in [-0.2, 0) is 9.59 Å². The molecule has 2 fully saturated rings. The molecule has 7 heteroatoms. The molecule has 0 aromatic heterocycles. The number of nitrogens with one attached hydrogen (secondary N) is 2. The molecule has 1 aromatic carbocycles. The van der Waals surface area contributed by atoms with Crippen molar-refractivity contribution in [3.8, 4) is 5.75 Å². The van der Waals surface area contributed by atoms with E-state index in [0.717, 1.165) is 17.3 Å². The van der Waals surface area contributed by atoms with Gasteiger partial charge in [0, 0.05) is 18.2 Å². The Kier molecular flexibility index (Phi) is 4.54. The van der Waals surface area contributed by atoms with E-state index in [2.05, 4.69) is 10.6 Å². The van der Waals surface area contributed by atoms with Gasteiger partial charge in [-0.05, 0) is 18.6 Å². The molecular weight excluding hydrogens is 302 g/mol. The van der Waals surface area contributed by atoms with Gasteiger partial charge in [-0.2, -0.15) is 0 Å². The molecule has 2 unspecified atom stereocenters. The Morgan fingerprint density at radius 1 is 1.45 bits per heavy atom. The number of ether oxygens (including phenoxy) is 1. The SMILES string of the molecule is COc1ccccc1N1CCC(NC(=O)C2CSCN2)C1=O. The number of methoxy groups -OCH3 is 1. The van der Waals surface area contributed by atoms with Crippen molar-refractivity contribution in [1.29, 1.82) is 0 Å². The van der Waals surface area contributed by atoms with Gasteiger partial charge >= 0.3 is 0 Å². The summed E-state index contributed by atoms with van der Waals surface area (Å²) in [6.45, 7) is 0.580. The summed E-state index contributed by atoms with van der Waals surface area (Å²) < 4.78 is 5.31. The Hall–Kier alpha value is -1.73. The average Bonchev–Trinajstić information content (AvgIpc) is 3.18. The predicted octanol–water partition coefficient (Wildman–Crippen LogP) is 0.579. The highest BCUT2D eigenvalue weighted by Gasteiger charge is 2.36. The van der Waals surface area contributed by atoms with Crippen molar-refractivity contribution >= 4 is 29.3 Å². The zero-order chi connectivity index (χ0) is 15.5. The molecule has 0 aliphatic carbocycles. The van der Waals surface area contributed by atoms with Crippen LogP contribution in [0.2, 0.25) is 0 Å². The summed E-state index contributed by atoms with van der Waals surface area (Å²) in [7, 11) is 1.59. The third-order valence-electron chi connectivity index (χ3n) is 3.93. The highest BCUT2D eigenvalue weighted by atomic mass is 32.2. The maximum atomic E-state index is 12.6. The number of thioether (sulfide) groups is 1. The first-order chi connectivity index (χ1) is 10.7. The number of nitrogens with zero attached hydrogens (tertiary/aromatic N) is 1. The van der Waals surface area contributed by atoms with Crippen molar-refractivity contribution in [3.63, 3.8) is 0 Å². The van der Waals surface area contributed by atoms with Crippen LogP contribution in [0.4, 0.5) is 5.69 Å². The zero-order valence-corrected chi connectivity index (χ0v) is 13.2. The van der Waals surface area contributed by atoms with Gasteiger partial charge in [-0.15, -0.1) is 11.8 Å². The minimum atomic E-state index is -0.454. The number of hydrogen-bond acceptors (Lipinski definition) is 5. The predicted molar refractivity (Wildman–Crippen MR) is 86.1 cm³/mol. The van der Waals surface area contributed by atoms with Crippen molar-refractivity contribution in [2.24, 2.45) is 0 Å². The topological polar surface area (TPSA) is 70.7 Å². The van der Waals surface area contributed by atoms with Crippen LogP contribution in [0.5, 0.6) is 5.75 Å². The van der Waals surface area contributed by atoms with Gasteiger partial charge in [-0.3, -0.25) is 14.9 Å². The van der Waals surface area contributed by atoms with Crippen LogP contribution in [0.3, 0.4) is 0 Å². The number of rotatable bonds is 4. The van der Waals surface area contributed by atoms with Crippen LogP contribution < -0.4 is 20.3 Å². The van der Waals surface area contributed by atoms with E-state index in [1.54, 1.807) is 23.8 Å². The molecule has 0 saturated carbocycles. The van der Waals surface area contributed by atoms with Gasteiger partial charge in [0.2, 0.25) is 11.8 Å². The highest BCUT2D eigenvalue weighted by Crippen LogP contribution is 2.31. The summed E-state index contributed by atoms with van der Waals surface area (Å²) in [5.74, 6) is 2.03. The van der Waals surface area contributed by atoms with Gasteiger partial charge in [-0.25, -0.2) is 0 Å². The molecular formula is C15H19N3O3S. The van der Waals surface area contributed by atoms with Gasteiger partial charge in [0.15, 0.2) is 0 Å². The Labute approximate surface area is 133 Å². The highest BCUT2D eigenvalue weighted by molar-refractivity contribution is 7.99. The molecule has 1 aromatic rings. The maximum Gasteiger partial charge on any atom is 0.249 e. The molecule has 2 saturated heterocycles. The second-order valence-electron chi connectivity index (χ2n) is 5.28. The molecule has 2 aliphatic heterocycles. The fraction of sp³-hybridized carbons (Fsp3) is 0.467. The minimum Gasteiger partial charge on any atom is -0.495 e. The number of hydrogen-bond donors (Lipinski definition) is 2. The Bertz CT molecular complexity index is 575. The van der Waals surface area contributed by atoms with Crippen molar-refractivity contribution in [2.75, 3.05) is 30.2 Å². The lowest BCUT2D eigenvalue weighted by molar-refractivity contribution is -0.127. The van der Waals surface area contributed by atoms with Crippen molar-refractivity contribution in [3.05, 3.63) is 24.3 Å². The second kappa shape index (κ2) is 6.58. The molecule has 0 radical (unpaired) electrons. The normalized spacial score (nSPS) is 24.6. The van der Waals surface area contributed by atoms with Crippen LogP contribution in [-0.4, -0.2) is 49.2 Å². The number of para-hydroxylation sites is 2. The third kappa shape index (κ3) is 2.91. The van der Waals surface area contributed by atoms with Crippen LogP contribution in [0, 0.1) is 0 Å². The maximum absolute atomic E-state index is 12.6. The van der Waals surface area contributed by atoms with E-state index in [9.17, 15) is 9.59 Å². The lowest BCUT2D eigenvalue weighted by atomic mass is 10.2. The van der Waals surface area contributed by atoms with E-state index < -0.39 is 6.04 Å². The molecule has 2 N–H and O–H groups in total. The molecule has 2 aliphatic rings. The Morgan fingerprint density at radius 3 is 3.00 bits per heavy atom. The summed E-state index contributed by atoms with van der Waals surface area (Å²) in [4.78, 5) is 26.4. The number of carbonyl (C=O) groups is 2. The largest absolute Gasteiger partial charge is 0.495 e. The van der Waals surface area contributed by atoms with Gasteiger partial charge in [0.1, 0.15) is 11.8 Å². The molecule has 0 bridgehead atoms. The van der Waals surface area contributed by atoms with E-state index in [0.29, 0.717) is 18.7 Å². The molecule has 3 rings (SSSR count). The molecule has 0 spiro atoms. The quantitative estimate of drug-likeness (QED) is 0.849. The van der Waals surface area contributed by atoms with Gasteiger partial charge in [0.05, 0.1) is 18.8 Å². The molecule has 2 atom stereocenters. The van der Waals surface area contributed by atoms with E-state index in [1.807, 2.05) is 24.3 Å². The first-order valence-electron chi connectivity index (χ1n) is 7.26. The number of benzene rings is 1. The number of amides is 2. The van der Waals surface area contributed by atoms with E-state index in [4.69, 9.17) is 4.74 Å². The lowest BCUT2D eigenvalue weighted by Gasteiger charge is -2.20. The summed E-state index contributed by atoms with van der Waals surface area (Å²) in [5.41, 5.74) is 0.751. The first-order valence-corrected chi connectivity index (χ1v) is 8.42. The fourth-order valence-corrected chi connectivity index (χ4v) is 3.68. The summed E-state index contributed by atoms with van der Waals surface area (Å²) in [6, 6.07) is 6.77. The van der Waals surface area contributed by atoms with E-state index >= 15 is 0 Å². The third-order valence-corrected chi connectivity index (χ3v) is 4.87. The van der Waals surface area contributed by atoms with E-state index in [1.165, 1.54) is 0 Å². The zero-order valence-electron chi connectivity index (χ0n) is 12.4. The Morgan fingerprint density at radius 2 is 2.27 bits per heavy atom. The number of anilines is 1.